The molecule has 1 aliphatic rings. The van der Waals surface area contributed by atoms with Crippen LogP contribution in [0.5, 0.6) is 0 Å². The van der Waals surface area contributed by atoms with Crippen molar-refractivity contribution >= 4 is 56.4 Å². The number of carbonyl (C=O) groups excluding carboxylic acids is 3. The average Bonchev–Trinajstić information content (AvgIpc) is 3.46. The Hall–Kier alpha value is -4.17. The number of nitrogens with zero attached hydrogens (tertiary/aromatic N) is 2. The molecule has 178 valence electrons. The minimum atomic E-state index is -0.409. The number of para-hydroxylation sites is 1. The standard InChI is InChI=1S/C27H27N5O3/c1-16(33)29-17-9-10-19-21(15-32(23(19)13-17)12-6-11-31(2)3)25-24(26(34)30-27(25)35)20-14-28-22-8-5-4-7-18(20)22/h4-5,7-10,13-15,28H,6,11-12H2,1-3H3,(H,29,33)(H,30,34,35). The van der Waals surface area contributed by atoms with Crippen LogP contribution in [0.3, 0.4) is 0 Å². The van der Waals surface area contributed by atoms with E-state index in [1.807, 2.05) is 62.8 Å². The van der Waals surface area contributed by atoms with E-state index < -0.39 is 11.8 Å². The molecule has 4 aromatic rings. The van der Waals surface area contributed by atoms with E-state index in [-0.39, 0.29) is 5.91 Å². The maximum atomic E-state index is 13.1. The molecule has 0 bridgehead atoms. The number of imide groups is 1. The van der Waals surface area contributed by atoms with Crippen LogP contribution in [0.15, 0.2) is 54.9 Å². The fraction of sp³-hybridized carbons (Fsp3) is 0.222. The first-order valence-corrected chi connectivity index (χ1v) is 11.6. The Labute approximate surface area is 202 Å². The molecule has 5 rings (SSSR count). The number of H-pyrrole nitrogens is 1. The maximum absolute atomic E-state index is 13.1. The minimum Gasteiger partial charge on any atom is -0.361 e. The molecule has 35 heavy (non-hydrogen) atoms. The van der Waals surface area contributed by atoms with E-state index >= 15 is 0 Å². The summed E-state index contributed by atoms with van der Waals surface area (Å²) in [7, 11) is 4.06. The molecule has 0 radical (unpaired) electrons. The van der Waals surface area contributed by atoms with Crippen molar-refractivity contribution in [3.8, 4) is 0 Å². The number of carbonyl (C=O) groups is 3. The van der Waals surface area contributed by atoms with Crippen LogP contribution < -0.4 is 10.6 Å². The van der Waals surface area contributed by atoms with Crippen molar-refractivity contribution in [1.29, 1.82) is 0 Å². The Morgan fingerprint density at radius 2 is 1.74 bits per heavy atom. The number of benzene rings is 2. The summed E-state index contributed by atoms with van der Waals surface area (Å²) in [4.78, 5) is 43.1. The van der Waals surface area contributed by atoms with Gasteiger partial charge < -0.3 is 19.8 Å². The van der Waals surface area contributed by atoms with Gasteiger partial charge in [-0.05, 0) is 45.3 Å². The molecule has 0 saturated carbocycles. The van der Waals surface area contributed by atoms with E-state index in [2.05, 4.69) is 25.1 Å². The van der Waals surface area contributed by atoms with Crippen LogP contribution in [0.1, 0.15) is 24.5 Å². The van der Waals surface area contributed by atoms with Gasteiger partial charge in [-0.2, -0.15) is 0 Å². The Kier molecular flexibility index (Phi) is 5.74. The highest BCUT2D eigenvalue weighted by Gasteiger charge is 2.35. The van der Waals surface area contributed by atoms with Crippen LogP contribution in [-0.2, 0) is 20.9 Å². The zero-order valence-electron chi connectivity index (χ0n) is 19.9. The molecule has 8 nitrogen and oxygen atoms in total. The van der Waals surface area contributed by atoms with Crippen LogP contribution in [0.4, 0.5) is 5.69 Å². The lowest BCUT2D eigenvalue weighted by Crippen LogP contribution is -2.22. The number of amides is 3. The molecule has 0 aliphatic carbocycles. The van der Waals surface area contributed by atoms with E-state index in [1.54, 1.807) is 6.20 Å². The lowest BCUT2D eigenvalue weighted by Gasteiger charge is -2.11. The zero-order chi connectivity index (χ0) is 24.7. The summed E-state index contributed by atoms with van der Waals surface area (Å²) >= 11 is 0. The van der Waals surface area contributed by atoms with Gasteiger partial charge >= 0.3 is 0 Å². The molecule has 0 saturated heterocycles. The topological polar surface area (TPSA) is 99.2 Å². The number of rotatable bonds is 7. The highest BCUT2D eigenvalue weighted by molar-refractivity contribution is 6.50. The third-order valence-corrected chi connectivity index (χ3v) is 6.27. The molecule has 1 aliphatic heterocycles. The molecule has 8 heteroatoms. The van der Waals surface area contributed by atoms with Gasteiger partial charge in [0.05, 0.1) is 16.7 Å². The fourth-order valence-electron chi connectivity index (χ4n) is 4.76. The first-order valence-electron chi connectivity index (χ1n) is 11.6. The Bertz CT molecular complexity index is 1520. The lowest BCUT2D eigenvalue weighted by molar-refractivity contribution is -0.123. The molecule has 3 N–H and O–H groups in total. The number of aromatic amines is 1. The Morgan fingerprint density at radius 3 is 2.49 bits per heavy atom. The second-order valence-electron chi connectivity index (χ2n) is 9.09. The number of hydrogen-bond donors (Lipinski definition) is 3. The number of anilines is 1. The van der Waals surface area contributed by atoms with Crippen molar-refractivity contribution in [3.05, 3.63) is 66.0 Å². The zero-order valence-corrected chi connectivity index (χ0v) is 19.9. The van der Waals surface area contributed by atoms with Crippen molar-refractivity contribution in [2.45, 2.75) is 19.9 Å². The summed E-state index contributed by atoms with van der Waals surface area (Å²) in [5, 5.41) is 7.06. The van der Waals surface area contributed by atoms with Gasteiger partial charge in [-0.3, -0.25) is 19.7 Å². The van der Waals surface area contributed by atoms with Crippen molar-refractivity contribution < 1.29 is 14.4 Å². The fourth-order valence-corrected chi connectivity index (χ4v) is 4.76. The molecular weight excluding hydrogens is 442 g/mol. The maximum Gasteiger partial charge on any atom is 0.259 e. The largest absolute Gasteiger partial charge is 0.361 e. The molecule has 3 heterocycles. The average molecular weight is 470 g/mol. The van der Waals surface area contributed by atoms with Crippen molar-refractivity contribution in [2.75, 3.05) is 26.0 Å². The number of hydrogen-bond acceptors (Lipinski definition) is 4. The summed E-state index contributed by atoms with van der Waals surface area (Å²) in [6, 6.07) is 13.3. The van der Waals surface area contributed by atoms with Gasteiger partial charge in [0.2, 0.25) is 5.91 Å². The predicted molar refractivity (Wildman–Crippen MR) is 138 cm³/mol. The summed E-state index contributed by atoms with van der Waals surface area (Å²) < 4.78 is 2.09. The molecule has 3 amide bonds. The smallest absolute Gasteiger partial charge is 0.259 e. The summed E-state index contributed by atoms with van der Waals surface area (Å²) in [6.07, 6.45) is 4.63. The third kappa shape index (κ3) is 4.13. The van der Waals surface area contributed by atoms with Gasteiger partial charge in [-0.25, -0.2) is 0 Å². The van der Waals surface area contributed by atoms with E-state index in [0.29, 0.717) is 28.0 Å². The molecule has 2 aromatic heterocycles. The molecular formula is C27H27N5O3. The van der Waals surface area contributed by atoms with Gasteiger partial charge in [0.15, 0.2) is 0 Å². The highest BCUT2D eigenvalue weighted by atomic mass is 16.2. The van der Waals surface area contributed by atoms with Crippen LogP contribution in [-0.4, -0.2) is 52.8 Å². The monoisotopic (exact) mass is 469 g/mol. The van der Waals surface area contributed by atoms with E-state index in [0.717, 1.165) is 41.3 Å². The van der Waals surface area contributed by atoms with E-state index in [1.165, 1.54) is 6.92 Å². The van der Waals surface area contributed by atoms with Gasteiger partial charge in [0.1, 0.15) is 0 Å². The van der Waals surface area contributed by atoms with Crippen molar-refractivity contribution in [3.63, 3.8) is 0 Å². The number of aromatic nitrogens is 2. The van der Waals surface area contributed by atoms with Crippen molar-refractivity contribution in [1.82, 2.24) is 19.8 Å². The van der Waals surface area contributed by atoms with E-state index in [4.69, 9.17) is 0 Å². The minimum absolute atomic E-state index is 0.152. The van der Waals surface area contributed by atoms with Crippen LogP contribution in [0, 0.1) is 0 Å². The third-order valence-electron chi connectivity index (χ3n) is 6.27. The Morgan fingerprint density at radius 1 is 1.00 bits per heavy atom. The number of nitrogens with one attached hydrogen (secondary N) is 3. The van der Waals surface area contributed by atoms with Gasteiger partial charge in [-0.1, -0.05) is 24.3 Å². The van der Waals surface area contributed by atoms with Gasteiger partial charge in [-0.15, -0.1) is 0 Å². The summed E-state index contributed by atoms with van der Waals surface area (Å²) in [6.45, 7) is 3.10. The SMILES string of the molecule is CC(=O)Nc1ccc2c(C3=C(c4c[nH]c5ccccc45)C(=O)NC3=O)cn(CCCN(C)C)c2c1. The first kappa shape index (κ1) is 22.6. The quantitative estimate of drug-likeness (QED) is 0.360. The number of aryl methyl sites for hydroxylation is 1. The van der Waals surface area contributed by atoms with Crippen molar-refractivity contribution in [2.24, 2.45) is 0 Å². The molecule has 2 aromatic carbocycles. The summed E-state index contributed by atoms with van der Waals surface area (Å²) in [5.74, 6) is -0.966. The molecule has 0 spiro atoms. The van der Waals surface area contributed by atoms with Crippen LogP contribution in [0.25, 0.3) is 33.0 Å². The molecule has 0 fully saturated rings. The predicted octanol–water partition coefficient (Wildman–Crippen LogP) is 3.60. The van der Waals surface area contributed by atoms with Gasteiger partial charge in [0, 0.05) is 59.0 Å². The van der Waals surface area contributed by atoms with Gasteiger partial charge in [0.25, 0.3) is 11.8 Å². The van der Waals surface area contributed by atoms with E-state index in [9.17, 15) is 14.4 Å². The Balaban J connectivity index is 1.71. The lowest BCUT2D eigenvalue weighted by atomic mass is 9.95. The highest BCUT2D eigenvalue weighted by Crippen LogP contribution is 2.38. The summed E-state index contributed by atoms with van der Waals surface area (Å²) in [5.41, 5.74) is 4.59. The molecule has 0 atom stereocenters. The second kappa shape index (κ2) is 8.88. The second-order valence-corrected chi connectivity index (χ2v) is 9.09. The number of fused-ring (bicyclic) bond motifs is 2. The van der Waals surface area contributed by atoms with Crippen LogP contribution in [0.2, 0.25) is 0 Å². The first-order chi connectivity index (χ1) is 16.8. The molecule has 0 unspecified atom stereocenters. The van der Waals surface area contributed by atoms with Crippen LogP contribution >= 0.6 is 0 Å². The normalized spacial score (nSPS) is 13.9.